The SMILES string of the molecule is CCC1SCCSC1C(=O)c1c(Br)cnn1C(C)C. The summed E-state index contributed by atoms with van der Waals surface area (Å²) in [6, 6.07) is 0.201. The Morgan fingerprint density at radius 2 is 2.21 bits per heavy atom. The van der Waals surface area contributed by atoms with Crippen LogP contribution in [0.2, 0.25) is 0 Å². The largest absolute Gasteiger partial charge is 0.291 e. The molecule has 1 aliphatic heterocycles. The second-order valence-electron chi connectivity index (χ2n) is 4.85. The molecule has 6 heteroatoms. The van der Waals surface area contributed by atoms with Gasteiger partial charge in [0.05, 0.1) is 15.9 Å². The predicted octanol–water partition coefficient (Wildman–Crippen LogP) is 4.04. The summed E-state index contributed by atoms with van der Waals surface area (Å²) in [5, 5.41) is 4.80. The van der Waals surface area contributed by atoms with Crippen LogP contribution in [0.1, 0.15) is 43.7 Å². The Morgan fingerprint density at radius 3 is 2.84 bits per heavy atom. The maximum Gasteiger partial charge on any atom is 0.196 e. The molecule has 19 heavy (non-hydrogen) atoms. The van der Waals surface area contributed by atoms with Crippen LogP contribution in [0.3, 0.4) is 0 Å². The smallest absolute Gasteiger partial charge is 0.196 e. The number of ketones is 1. The lowest BCUT2D eigenvalue weighted by Crippen LogP contribution is -2.34. The van der Waals surface area contributed by atoms with Gasteiger partial charge in [0.2, 0.25) is 0 Å². The average molecular weight is 363 g/mol. The summed E-state index contributed by atoms with van der Waals surface area (Å²) < 4.78 is 2.65. The number of nitrogens with zero attached hydrogens (tertiary/aromatic N) is 2. The molecule has 0 amide bonds. The Bertz CT molecular complexity index is 461. The third kappa shape index (κ3) is 3.22. The molecule has 2 unspecified atom stereocenters. The van der Waals surface area contributed by atoms with Crippen LogP contribution in [0, 0.1) is 0 Å². The molecule has 0 aromatic carbocycles. The molecule has 1 aromatic heterocycles. The monoisotopic (exact) mass is 362 g/mol. The van der Waals surface area contributed by atoms with E-state index in [2.05, 4.69) is 41.8 Å². The van der Waals surface area contributed by atoms with Gasteiger partial charge in [-0.3, -0.25) is 9.48 Å². The van der Waals surface area contributed by atoms with Gasteiger partial charge in [-0.15, -0.1) is 11.8 Å². The third-order valence-corrected chi connectivity index (χ3v) is 7.01. The minimum Gasteiger partial charge on any atom is -0.291 e. The number of hydrogen-bond acceptors (Lipinski definition) is 4. The van der Waals surface area contributed by atoms with Crippen LogP contribution in [0.4, 0.5) is 0 Å². The maximum absolute atomic E-state index is 12.9. The van der Waals surface area contributed by atoms with Gasteiger partial charge < -0.3 is 0 Å². The number of halogens is 1. The van der Waals surface area contributed by atoms with Crippen molar-refractivity contribution in [3.63, 3.8) is 0 Å². The van der Waals surface area contributed by atoms with Crippen LogP contribution in [-0.2, 0) is 0 Å². The van der Waals surface area contributed by atoms with Gasteiger partial charge in [0.15, 0.2) is 5.78 Å². The molecule has 0 spiro atoms. The molecule has 2 atom stereocenters. The first-order valence-corrected chi connectivity index (χ1v) is 9.45. The minimum absolute atomic E-state index is 0.0641. The Balaban J connectivity index is 2.30. The Labute approximate surface area is 131 Å². The standard InChI is InChI=1S/C13H19BrN2OS2/c1-4-10-13(19-6-5-18-10)12(17)11-9(14)7-15-16(11)8(2)3/h7-8,10,13H,4-6H2,1-3H3. The summed E-state index contributed by atoms with van der Waals surface area (Å²) >= 11 is 7.20. The summed E-state index contributed by atoms with van der Waals surface area (Å²) in [5.41, 5.74) is 0.730. The number of aromatic nitrogens is 2. The average Bonchev–Trinajstić information content (AvgIpc) is 2.80. The third-order valence-electron chi connectivity index (χ3n) is 3.18. The van der Waals surface area contributed by atoms with Crippen molar-refractivity contribution in [2.75, 3.05) is 11.5 Å². The van der Waals surface area contributed by atoms with Crippen LogP contribution >= 0.6 is 39.5 Å². The molecule has 3 nitrogen and oxygen atoms in total. The van der Waals surface area contributed by atoms with E-state index >= 15 is 0 Å². The van der Waals surface area contributed by atoms with Crippen LogP contribution in [0.15, 0.2) is 10.7 Å². The second-order valence-corrected chi connectivity index (χ2v) is 8.30. The van der Waals surface area contributed by atoms with E-state index in [1.807, 2.05) is 16.4 Å². The zero-order valence-corrected chi connectivity index (χ0v) is 14.6. The Hall–Kier alpha value is 0.0600. The van der Waals surface area contributed by atoms with Gasteiger partial charge in [-0.25, -0.2) is 0 Å². The zero-order chi connectivity index (χ0) is 14.0. The molecule has 1 aromatic rings. The van der Waals surface area contributed by atoms with Gasteiger partial charge in [-0.2, -0.15) is 16.9 Å². The van der Waals surface area contributed by atoms with E-state index in [1.54, 1.807) is 18.0 Å². The van der Waals surface area contributed by atoms with Gasteiger partial charge in [-0.1, -0.05) is 6.92 Å². The van der Waals surface area contributed by atoms with Crippen LogP contribution < -0.4 is 0 Å². The zero-order valence-electron chi connectivity index (χ0n) is 11.4. The van der Waals surface area contributed by atoms with Crippen molar-refractivity contribution in [2.45, 2.75) is 43.7 Å². The number of carbonyl (C=O) groups excluding carboxylic acids is 1. The fourth-order valence-electron chi connectivity index (χ4n) is 2.24. The highest BCUT2D eigenvalue weighted by atomic mass is 79.9. The number of thioether (sulfide) groups is 2. The topological polar surface area (TPSA) is 34.9 Å². The molecule has 0 N–H and O–H groups in total. The van der Waals surface area contributed by atoms with E-state index in [4.69, 9.17) is 0 Å². The maximum atomic E-state index is 12.9. The van der Waals surface area contributed by atoms with E-state index in [-0.39, 0.29) is 17.1 Å². The summed E-state index contributed by atoms with van der Waals surface area (Å²) in [7, 11) is 0. The lowest BCUT2D eigenvalue weighted by atomic mass is 10.1. The lowest BCUT2D eigenvalue weighted by molar-refractivity contribution is 0.0975. The molecule has 106 valence electrons. The fourth-order valence-corrected chi connectivity index (χ4v) is 5.71. The Kier molecular flexibility index (Phi) is 5.43. The molecule has 0 radical (unpaired) electrons. The van der Waals surface area contributed by atoms with Gasteiger partial charge in [0.1, 0.15) is 5.69 Å². The normalized spacial score (nSPS) is 23.8. The molecule has 0 aliphatic carbocycles. The van der Waals surface area contributed by atoms with E-state index in [9.17, 15) is 4.79 Å². The highest BCUT2D eigenvalue weighted by Gasteiger charge is 2.34. The molecule has 2 rings (SSSR count). The first-order chi connectivity index (χ1) is 9.06. The van der Waals surface area contributed by atoms with Gasteiger partial charge in [-0.05, 0) is 36.2 Å². The number of carbonyl (C=O) groups is 1. The van der Waals surface area contributed by atoms with E-state index in [1.165, 1.54) is 0 Å². The van der Waals surface area contributed by atoms with Crippen LogP contribution in [0.25, 0.3) is 0 Å². The summed E-state index contributed by atoms with van der Waals surface area (Å²) in [4.78, 5) is 12.9. The summed E-state index contributed by atoms with van der Waals surface area (Å²) in [6.45, 7) is 6.27. The summed E-state index contributed by atoms with van der Waals surface area (Å²) in [6.07, 6.45) is 2.77. The molecule has 0 saturated carbocycles. The first-order valence-electron chi connectivity index (χ1n) is 6.56. The molecular weight excluding hydrogens is 344 g/mol. The number of hydrogen-bond donors (Lipinski definition) is 0. The van der Waals surface area contributed by atoms with Gasteiger partial charge in [0.25, 0.3) is 0 Å². The summed E-state index contributed by atoms with van der Waals surface area (Å²) in [5.74, 6) is 2.44. The quantitative estimate of drug-likeness (QED) is 0.757. The van der Waals surface area contributed by atoms with Gasteiger partial charge in [0, 0.05) is 22.8 Å². The molecule has 1 fully saturated rings. The van der Waals surface area contributed by atoms with Crippen molar-refractivity contribution in [3.05, 3.63) is 16.4 Å². The van der Waals surface area contributed by atoms with Crippen molar-refractivity contribution in [2.24, 2.45) is 0 Å². The highest BCUT2D eigenvalue weighted by molar-refractivity contribution is 9.10. The van der Waals surface area contributed by atoms with Crippen LogP contribution in [0.5, 0.6) is 0 Å². The molecule has 1 saturated heterocycles. The van der Waals surface area contributed by atoms with E-state index in [0.29, 0.717) is 5.25 Å². The molecule has 1 aliphatic rings. The first kappa shape index (κ1) is 15.4. The Morgan fingerprint density at radius 1 is 1.53 bits per heavy atom. The number of rotatable bonds is 4. The fraction of sp³-hybridized carbons (Fsp3) is 0.692. The van der Waals surface area contributed by atoms with Crippen molar-refractivity contribution in [1.29, 1.82) is 0 Å². The predicted molar refractivity (Wildman–Crippen MR) is 87.4 cm³/mol. The minimum atomic E-state index is 0.0641. The molecule has 0 bridgehead atoms. The molecule has 2 heterocycles. The van der Waals surface area contributed by atoms with Gasteiger partial charge >= 0.3 is 0 Å². The van der Waals surface area contributed by atoms with Crippen molar-refractivity contribution < 1.29 is 4.79 Å². The van der Waals surface area contributed by atoms with Crippen molar-refractivity contribution >= 4 is 45.2 Å². The van der Waals surface area contributed by atoms with Crippen molar-refractivity contribution in [1.82, 2.24) is 9.78 Å². The van der Waals surface area contributed by atoms with E-state index in [0.717, 1.165) is 28.1 Å². The van der Waals surface area contributed by atoms with Crippen molar-refractivity contribution in [3.8, 4) is 0 Å². The van der Waals surface area contributed by atoms with E-state index < -0.39 is 0 Å². The highest BCUT2D eigenvalue weighted by Crippen LogP contribution is 2.36. The molecular formula is C13H19BrN2OS2. The second kappa shape index (κ2) is 6.68. The van der Waals surface area contributed by atoms with Crippen LogP contribution in [-0.4, -0.2) is 37.6 Å². The lowest BCUT2D eigenvalue weighted by Gasteiger charge is -2.29. The number of Topliss-reactive ketones (excluding diaryl/α,β-unsaturated/α-hetero) is 1.